The Balaban J connectivity index is 2.10. The van der Waals surface area contributed by atoms with Crippen molar-refractivity contribution in [3.05, 3.63) is 56.7 Å². The molecule has 112 valence electrons. The number of rotatable bonds is 6. The fraction of sp³-hybridized carbons (Fsp3) is 0.353. The van der Waals surface area contributed by atoms with Crippen LogP contribution in [0.25, 0.3) is 0 Å². The molecule has 21 heavy (non-hydrogen) atoms. The molecule has 4 heteroatoms. The molecule has 1 amide bonds. The fourth-order valence-electron chi connectivity index (χ4n) is 2.42. The van der Waals surface area contributed by atoms with Crippen molar-refractivity contribution in [1.29, 1.82) is 0 Å². The molecule has 0 spiro atoms. The van der Waals surface area contributed by atoms with Gasteiger partial charge in [-0.25, -0.2) is 0 Å². The number of amides is 1. The van der Waals surface area contributed by atoms with E-state index in [9.17, 15) is 4.79 Å². The number of hydrogen-bond donors (Lipinski definition) is 0. The second-order valence-corrected chi connectivity index (χ2v) is 7.70. The van der Waals surface area contributed by atoms with Gasteiger partial charge in [0.05, 0.1) is 16.2 Å². The molecule has 0 bridgehead atoms. The number of hydrogen-bond acceptors (Lipinski definition) is 2. The van der Waals surface area contributed by atoms with E-state index in [1.165, 1.54) is 4.88 Å². The van der Waals surface area contributed by atoms with Crippen LogP contribution in [0.4, 0.5) is 0 Å². The first kappa shape index (κ1) is 16.2. The van der Waals surface area contributed by atoms with Crippen LogP contribution in [-0.2, 0) is 11.3 Å². The molecule has 1 aromatic heterocycles. The average Bonchev–Trinajstić information content (AvgIpc) is 2.90. The highest BCUT2D eigenvalue weighted by molar-refractivity contribution is 9.11. The molecule has 0 aliphatic carbocycles. The monoisotopic (exact) mass is 365 g/mol. The van der Waals surface area contributed by atoms with Crippen LogP contribution in [0.2, 0.25) is 0 Å². The summed E-state index contributed by atoms with van der Waals surface area (Å²) in [6, 6.07) is 14.2. The lowest BCUT2D eigenvalue weighted by molar-refractivity contribution is -0.132. The fourth-order valence-corrected chi connectivity index (χ4v) is 3.96. The summed E-state index contributed by atoms with van der Waals surface area (Å²) in [5, 5.41) is 0. The lowest BCUT2D eigenvalue weighted by atomic mass is 9.93. The van der Waals surface area contributed by atoms with Gasteiger partial charge in [0.15, 0.2) is 0 Å². The maximum absolute atomic E-state index is 12.8. The van der Waals surface area contributed by atoms with E-state index in [1.54, 1.807) is 11.3 Å². The minimum atomic E-state index is -0.0374. The average molecular weight is 366 g/mol. The minimum absolute atomic E-state index is 0.0374. The number of likely N-dealkylation sites (N-methyl/N-ethyl adjacent to an activating group) is 1. The Morgan fingerprint density at radius 1 is 1.24 bits per heavy atom. The van der Waals surface area contributed by atoms with E-state index in [1.807, 2.05) is 48.3 Å². The van der Waals surface area contributed by atoms with Gasteiger partial charge in [0, 0.05) is 11.9 Å². The summed E-state index contributed by atoms with van der Waals surface area (Å²) in [4.78, 5) is 15.8. The quantitative estimate of drug-likeness (QED) is 0.700. The summed E-state index contributed by atoms with van der Waals surface area (Å²) >= 11 is 5.14. The highest BCUT2D eigenvalue weighted by atomic mass is 79.9. The third kappa shape index (κ3) is 4.42. The van der Waals surface area contributed by atoms with E-state index < -0.39 is 0 Å². The van der Waals surface area contributed by atoms with Gasteiger partial charge in [0.2, 0.25) is 5.91 Å². The van der Waals surface area contributed by atoms with Crippen molar-refractivity contribution in [2.75, 3.05) is 7.05 Å². The van der Waals surface area contributed by atoms with Gasteiger partial charge in [-0.15, -0.1) is 11.3 Å². The van der Waals surface area contributed by atoms with Gasteiger partial charge in [-0.1, -0.05) is 43.7 Å². The summed E-state index contributed by atoms with van der Waals surface area (Å²) in [5.41, 5.74) is 1.11. The smallest absolute Gasteiger partial charge is 0.230 e. The third-order valence-electron chi connectivity index (χ3n) is 3.48. The molecule has 2 rings (SSSR count). The molecule has 0 aliphatic rings. The second-order valence-electron chi connectivity index (χ2n) is 5.15. The van der Waals surface area contributed by atoms with E-state index in [0.717, 1.165) is 22.2 Å². The predicted molar refractivity (Wildman–Crippen MR) is 92.6 cm³/mol. The van der Waals surface area contributed by atoms with Crippen LogP contribution in [0.1, 0.15) is 36.1 Å². The summed E-state index contributed by atoms with van der Waals surface area (Å²) in [5.74, 6) is 0.164. The highest BCUT2D eigenvalue weighted by Crippen LogP contribution is 2.26. The summed E-state index contributed by atoms with van der Waals surface area (Å²) in [7, 11) is 1.89. The molecule has 2 aromatic rings. The third-order valence-corrected chi connectivity index (χ3v) is 5.08. The number of halogens is 1. The first-order valence-corrected chi connectivity index (χ1v) is 8.77. The maximum atomic E-state index is 12.8. The maximum Gasteiger partial charge on any atom is 0.230 e. The van der Waals surface area contributed by atoms with Crippen LogP contribution in [0.5, 0.6) is 0 Å². The Labute approximate surface area is 138 Å². The Kier molecular flexibility index (Phi) is 6.00. The Hall–Kier alpha value is -1.13. The number of benzene rings is 1. The van der Waals surface area contributed by atoms with Crippen molar-refractivity contribution in [3.8, 4) is 0 Å². The molecule has 1 heterocycles. The van der Waals surface area contributed by atoms with Crippen molar-refractivity contribution in [1.82, 2.24) is 4.90 Å². The Morgan fingerprint density at radius 3 is 2.52 bits per heavy atom. The molecular formula is C17H20BrNOS. The lowest BCUT2D eigenvalue weighted by Gasteiger charge is -2.23. The standard InChI is InChI=1S/C17H20BrNOS/c1-3-7-15(13-8-5-4-6-9-13)17(20)19(2)12-14-10-11-16(18)21-14/h4-6,8-11,15H,3,7,12H2,1-2H3. The SMILES string of the molecule is CCCC(C(=O)N(C)Cc1ccc(Br)s1)c1ccccc1. The first-order valence-electron chi connectivity index (χ1n) is 7.16. The van der Waals surface area contributed by atoms with Crippen molar-refractivity contribution < 1.29 is 4.79 Å². The number of carbonyl (C=O) groups excluding carboxylic acids is 1. The topological polar surface area (TPSA) is 20.3 Å². The van der Waals surface area contributed by atoms with Crippen LogP contribution in [0.3, 0.4) is 0 Å². The van der Waals surface area contributed by atoms with Crippen molar-refractivity contribution >= 4 is 33.2 Å². The van der Waals surface area contributed by atoms with E-state index >= 15 is 0 Å². The number of nitrogens with zero attached hydrogens (tertiary/aromatic N) is 1. The van der Waals surface area contributed by atoms with E-state index in [2.05, 4.69) is 28.9 Å². The van der Waals surface area contributed by atoms with Gasteiger partial charge in [-0.3, -0.25) is 4.79 Å². The van der Waals surface area contributed by atoms with Crippen LogP contribution in [-0.4, -0.2) is 17.9 Å². The molecule has 0 N–H and O–H groups in total. The Morgan fingerprint density at radius 2 is 1.95 bits per heavy atom. The molecule has 0 saturated carbocycles. The van der Waals surface area contributed by atoms with Gasteiger partial charge in [0.1, 0.15) is 0 Å². The van der Waals surface area contributed by atoms with Crippen molar-refractivity contribution in [3.63, 3.8) is 0 Å². The summed E-state index contributed by atoms with van der Waals surface area (Å²) < 4.78 is 1.10. The van der Waals surface area contributed by atoms with E-state index in [4.69, 9.17) is 0 Å². The van der Waals surface area contributed by atoms with Crippen LogP contribution >= 0.6 is 27.3 Å². The van der Waals surface area contributed by atoms with Crippen LogP contribution in [0.15, 0.2) is 46.3 Å². The van der Waals surface area contributed by atoms with E-state index in [0.29, 0.717) is 6.54 Å². The molecule has 0 radical (unpaired) electrons. The molecule has 2 nitrogen and oxygen atoms in total. The molecule has 1 unspecified atom stereocenters. The van der Waals surface area contributed by atoms with Gasteiger partial charge in [-0.2, -0.15) is 0 Å². The highest BCUT2D eigenvalue weighted by Gasteiger charge is 2.23. The summed E-state index contributed by atoms with van der Waals surface area (Å²) in [6.07, 6.45) is 1.89. The minimum Gasteiger partial charge on any atom is -0.340 e. The zero-order valence-corrected chi connectivity index (χ0v) is 14.8. The lowest BCUT2D eigenvalue weighted by Crippen LogP contribution is -2.31. The molecular weight excluding hydrogens is 346 g/mol. The van der Waals surface area contributed by atoms with Gasteiger partial charge < -0.3 is 4.90 Å². The van der Waals surface area contributed by atoms with Crippen LogP contribution < -0.4 is 0 Å². The molecule has 0 saturated heterocycles. The molecule has 1 atom stereocenters. The van der Waals surface area contributed by atoms with Gasteiger partial charge in [-0.05, 0) is 40.0 Å². The van der Waals surface area contributed by atoms with Gasteiger partial charge in [0.25, 0.3) is 0 Å². The van der Waals surface area contributed by atoms with Crippen molar-refractivity contribution in [2.45, 2.75) is 32.2 Å². The van der Waals surface area contributed by atoms with Crippen molar-refractivity contribution in [2.24, 2.45) is 0 Å². The Bertz CT molecular complexity index is 581. The summed E-state index contributed by atoms with van der Waals surface area (Å²) in [6.45, 7) is 2.79. The van der Waals surface area contributed by atoms with Crippen LogP contribution in [0, 0.1) is 0 Å². The van der Waals surface area contributed by atoms with Gasteiger partial charge >= 0.3 is 0 Å². The first-order chi connectivity index (χ1) is 10.1. The number of carbonyl (C=O) groups is 1. The molecule has 0 fully saturated rings. The second kappa shape index (κ2) is 7.76. The normalized spacial score (nSPS) is 12.1. The largest absolute Gasteiger partial charge is 0.340 e. The molecule has 1 aromatic carbocycles. The number of thiophene rings is 1. The zero-order chi connectivity index (χ0) is 15.2. The van der Waals surface area contributed by atoms with E-state index in [-0.39, 0.29) is 11.8 Å². The predicted octanol–water partition coefficient (Wildman–Crippen LogP) is 5.05. The molecule has 0 aliphatic heterocycles. The zero-order valence-electron chi connectivity index (χ0n) is 12.4.